The number of carbonyl (C=O) groups is 1. The molecule has 0 bridgehead atoms. The summed E-state index contributed by atoms with van der Waals surface area (Å²) in [6, 6.07) is 12.0. The summed E-state index contributed by atoms with van der Waals surface area (Å²) in [5.41, 5.74) is 3.98. The SMILES string of the molecule is Cc1ccc(COC(=O)C(C)(Cc2ccc(O)c(O)c2)NN)cc1. The van der Waals surface area contributed by atoms with E-state index in [9.17, 15) is 15.0 Å². The molecule has 0 radical (unpaired) electrons. The second-order valence-corrected chi connectivity index (χ2v) is 6.04. The molecule has 0 aliphatic rings. The van der Waals surface area contributed by atoms with Crippen molar-refractivity contribution >= 4 is 5.97 Å². The lowest BCUT2D eigenvalue weighted by Crippen LogP contribution is -2.55. The number of nitrogens with two attached hydrogens (primary N) is 1. The van der Waals surface area contributed by atoms with Crippen LogP contribution in [0.3, 0.4) is 0 Å². The Morgan fingerprint density at radius 1 is 1.12 bits per heavy atom. The smallest absolute Gasteiger partial charge is 0.328 e. The third kappa shape index (κ3) is 4.24. The molecule has 2 aromatic carbocycles. The van der Waals surface area contributed by atoms with Crippen molar-refractivity contribution in [3.63, 3.8) is 0 Å². The number of ether oxygens (including phenoxy) is 1. The molecule has 0 amide bonds. The number of phenols is 2. The van der Waals surface area contributed by atoms with Crippen molar-refractivity contribution in [2.75, 3.05) is 0 Å². The average Bonchev–Trinajstić information content (AvgIpc) is 2.57. The minimum absolute atomic E-state index is 0.150. The molecule has 6 heteroatoms. The molecule has 0 saturated heterocycles. The Hall–Kier alpha value is -2.57. The van der Waals surface area contributed by atoms with Crippen LogP contribution in [0.5, 0.6) is 11.5 Å². The fourth-order valence-electron chi connectivity index (χ4n) is 2.26. The summed E-state index contributed by atoms with van der Waals surface area (Å²) in [4.78, 5) is 12.4. The first-order valence-electron chi connectivity index (χ1n) is 7.55. The van der Waals surface area contributed by atoms with Gasteiger partial charge in [0.15, 0.2) is 11.5 Å². The molecule has 0 aliphatic carbocycles. The van der Waals surface area contributed by atoms with Crippen LogP contribution in [0, 0.1) is 6.92 Å². The normalized spacial score (nSPS) is 13.3. The van der Waals surface area contributed by atoms with Crippen LogP contribution >= 0.6 is 0 Å². The minimum Gasteiger partial charge on any atom is -0.504 e. The lowest BCUT2D eigenvalue weighted by atomic mass is 9.93. The van der Waals surface area contributed by atoms with Crippen LogP contribution in [0.4, 0.5) is 0 Å². The highest BCUT2D eigenvalue weighted by atomic mass is 16.5. The van der Waals surface area contributed by atoms with Gasteiger partial charge in [-0.3, -0.25) is 5.84 Å². The monoisotopic (exact) mass is 330 g/mol. The van der Waals surface area contributed by atoms with Gasteiger partial charge < -0.3 is 14.9 Å². The fraction of sp³-hybridized carbons (Fsp3) is 0.278. The Kier molecular flexibility index (Phi) is 5.43. The molecule has 128 valence electrons. The van der Waals surface area contributed by atoms with Gasteiger partial charge in [-0.25, -0.2) is 10.2 Å². The number of nitrogens with one attached hydrogen (secondary N) is 1. The molecule has 24 heavy (non-hydrogen) atoms. The van der Waals surface area contributed by atoms with E-state index >= 15 is 0 Å². The molecule has 6 nitrogen and oxygen atoms in total. The maximum Gasteiger partial charge on any atom is 0.328 e. The molecule has 2 rings (SSSR count). The topological polar surface area (TPSA) is 105 Å². The van der Waals surface area contributed by atoms with Gasteiger partial charge in [-0.05, 0) is 37.1 Å². The predicted molar refractivity (Wildman–Crippen MR) is 90.2 cm³/mol. The number of hydrogen-bond donors (Lipinski definition) is 4. The van der Waals surface area contributed by atoms with Crippen LogP contribution in [0.15, 0.2) is 42.5 Å². The number of esters is 1. The Labute approximate surface area is 140 Å². The first-order chi connectivity index (χ1) is 11.3. The van der Waals surface area contributed by atoms with Crippen molar-refractivity contribution in [3.05, 3.63) is 59.2 Å². The van der Waals surface area contributed by atoms with Gasteiger partial charge in [0.05, 0.1) is 0 Å². The van der Waals surface area contributed by atoms with E-state index in [-0.39, 0.29) is 24.5 Å². The molecule has 0 aliphatic heterocycles. The molecule has 0 saturated carbocycles. The second kappa shape index (κ2) is 7.33. The van der Waals surface area contributed by atoms with Crippen molar-refractivity contribution in [1.82, 2.24) is 5.43 Å². The number of hydrazine groups is 1. The average molecular weight is 330 g/mol. The van der Waals surface area contributed by atoms with Gasteiger partial charge in [0.25, 0.3) is 0 Å². The standard InChI is InChI=1S/C18H22N2O4/c1-12-3-5-13(6-4-12)11-24-17(23)18(2,20-19)10-14-7-8-15(21)16(22)9-14/h3-9,20-22H,10-11,19H2,1-2H3. The van der Waals surface area contributed by atoms with E-state index in [0.717, 1.165) is 11.1 Å². The van der Waals surface area contributed by atoms with Gasteiger partial charge in [0.2, 0.25) is 0 Å². The lowest BCUT2D eigenvalue weighted by molar-refractivity contribution is -0.152. The molecule has 0 fully saturated rings. The van der Waals surface area contributed by atoms with Crippen molar-refractivity contribution in [2.24, 2.45) is 5.84 Å². The van der Waals surface area contributed by atoms with Crippen LogP contribution in [0.2, 0.25) is 0 Å². The van der Waals surface area contributed by atoms with Crippen LogP contribution in [-0.4, -0.2) is 21.7 Å². The van der Waals surface area contributed by atoms with Crippen molar-refractivity contribution in [2.45, 2.75) is 32.4 Å². The van der Waals surface area contributed by atoms with Gasteiger partial charge in [-0.2, -0.15) is 0 Å². The van der Waals surface area contributed by atoms with Crippen LogP contribution in [-0.2, 0) is 22.6 Å². The van der Waals surface area contributed by atoms with E-state index < -0.39 is 11.5 Å². The molecule has 0 aromatic heterocycles. The predicted octanol–water partition coefficient (Wildman–Crippen LogP) is 1.91. The zero-order valence-corrected chi connectivity index (χ0v) is 13.7. The van der Waals surface area contributed by atoms with Crippen molar-refractivity contribution in [3.8, 4) is 11.5 Å². The number of hydrogen-bond acceptors (Lipinski definition) is 6. The maximum absolute atomic E-state index is 12.4. The highest BCUT2D eigenvalue weighted by Gasteiger charge is 2.34. The van der Waals surface area contributed by atoms with E-state index in [1.54, 1.807) is 13.0 Å². The van der Waals surface area contributed by atoms with E-state index in [4.69, 9.17) is 10.6 Å². The van der Waals surface area contributed by atoms with Gasteiger partial charge in [0.1, 0.15) is 12.1 Å². The van der Waals surface area contributed by atoms with Gasteiger partial charge in [0, 0.05) is 6.42 Å². The summed E-state index contributed by atoms with van der Waals surface area (Å²) in [7, 11) is 0. The Balaban J connectivity index is 2.05. The molecule has 5 N–H and O–H groups in total. The van der Waals surface area contributed by atoms with E-state index in [0.29, 0.717) is 5.56 Å². The van der Waals surface area contributed by atoms with E-state index in [1.807, 2.05) is 31.2 Å². The summed E-state index contributed by atoms with van der Waals surface area (Å²) in [6.45, 7) is 3.75. The first kappa shape index (κ1) is 17.8. The molecule has 0 heterocycles. The lowest BCUT2D eigenvalue weighted by Gasteiger charge is -2.26. The summed E-state index contributed by atoms with van der Waals surface area (Å²) >= 11 is 0. The quantitative estimate of drug-likeness (QED) is 0.279. The molecule has 2 aromatic rings. The summed E-state index contributed by atoms with van der Waals surface area (Å²) in [5, 5.41) is 18.9. The molecular weight excluding hydrogens is 308 g/mol. The second-order valence-electron chi connectivity index (χ2n) is 6.04. The zero-order chi connectivity index (χ0) is 17.7. The molecule has 0 spiro atoms. The summed E-state index contributed by atoms with van der Waals surface area (Å²) in [6.07, 6.45) is 0.198. The van der Waals surface area contributed by atoms with E-state index in [1.165, 1.54) is 12.1 Å². The van der Waals surface area contributed by atoms with Crippen LogP contribution < -0.4 is 11.3 Å². The van der Waals surface area contributed by atoms with Gasteiger partial charge in [-0.15, -0.1) is 0 Å². The number of phenolic OH excluding ortho intramolecular Hbond substituents is 2. The molecular formula is C18H22N2O4. The molecule has 1 unspecified atom stereocenters. The highest BCUT2D eigenvalue weighted by molar-refractivity contribution is 5.80. The number of aromatic hydroxyl groups is 2. The Morgan fingerprint density at radius 3 is 2.33 bits per heavy atom. The largest absolute Gasteiger partial charge is 0.504 e. The first-order valence-corrected chi connectivity index (χ1v) is 7.55. The zero-order valence-electron chi connectivity index (χ0n) is 13.7. The molecule has 1 atom stereocenters. The minimum atomic E-state index is -1.16. The van der Waals surface area contributed by atoms with Gasteiger partial charge in [-0.1, -0.05) is 35.9 Å². The fourth-order valence-corrected chi connectivity index (χ4v) is 2.26. The van der Waals surface area contributed by atoms with Crippen LogP contribution in [0.1, 0.15) is 23.6 Å². The number of aryl methyl sites for hydroxylation is 1. The van der Waals surface area contributed by atoms with Crippen LogP contribution in [0.25, 0.3) is 0 Å². The van der Waals surface area contributed by atoms with Gasteiger partial charge >= 0.3 is 5.97 Å². The number of rotatable bonds is 6. The Bertz CT molecular complexity index is 715. The number of carbonyl (C=O) groups excluding carboxylic acids is 1. The highest BCUT2D eigenvalue weighted by Crippen LogP contribution is 2.27. The van der Waals surface area contributed by atoms with Crippen molar-refractivity contribution in [1.29, 1.82) is 0 Å². The maximum atomic E-state index is 12.4. The number of benzene rings is 2. The Morgan fingerprint density at radius 2 is 1.75 bits per heavy atom. The third-order valence-electron chi connectivity index (χ3n) is 3.86. The van der Waals surface area contributed by atoms with E-state index in [2.05, 4.69) is 5.43 Å². The third-order valence-corrected chi connectivity index (χ3v) is 3.86. The van der Waals surface area contributed by atoms with Crippen molar-refractivity contribution < 1.29 is 19.7 Å². The summed E-state index contributed by atoms with van der Waals surface area (Å²) in [5.74, 6) is 4.58. The summed E-state index contributed by atoms with van der Waals surface area (Å²) < 4.78 is 5.36.